The number of likely N-dealkylation sites (tertiary alicyclic amines) is 2. The van der Waals surface area contributed by atoms with Crippen molar-refractivity contribution in [3.63, 3.8) is 0 Å². The molecule has 3 atom stereocenters. The van der Waals surface area contributed by atoms with Crippen LogP contribution in [0.2, 0.25) is 0 Å². The number of carbonyl (C=O) groups is 2. The summed E-state index contributed by atoms with van der Waals surface area (Å²) in [5.74, 6) is -0.0908. The Balaban J connectivity index is 1.33. The van der Waals surface area contributed by atoms with Crippen molar-refractivity contribution in [3.8, 4) is 0 Å². The van der Waals surface area contributed by atoms with E-state index in [2.05, 4.69) is 6.07 Å². The predicted octanol–water partition coefficient (Wildman–Crippen LogP) is 4.57. The largest absolute Gasteiger partial charge is 0.335 e. The van der Waals surface area contributed by atoms with E-state index in [-0.39, 0.29) is 29.8 Å². The van der Waals surface area contributed by atoms with E-state index in [0.29, 0.717) is 13.0 Å². The van der Waals surface area contributed by atoms with E-state index in [9.17, 15) is 9.59 Å². The van der Waals surface area contributed by atoms with Crippen molar-refractivity contribution >= 4 is 33.4 Å². The molecule has 2 aromatic carbocycles. The number of hydrogen-bond acceptors (Lipinski definition) is 4. The van der Waals surface area contributed by atoms with Crippen LogP contribution in [-0.2, 0) is 9.59 Å². The number of rotatable bonds is 4. The predicted molar refractivity (Wildman–Crippen MR) is 118 cm³/mol. The lowest BCUT2D eigenvalue weighted by molar-refractivity contribution is -0.136. The quantitative estimate of drug-likeness (QED) is 0.622. The molecule has 1 aromatic heterocycles. The van der Waals surface area contributed by atoms with Crippen molar-refractivity contribution in [1.82, 2.24) is 14.8 Å². The second-order valence-electron chi connectivity index (χ2n) is 8.24. The Hall–Kier alpha value is -2.73. The van der Waals surface area contributed by atoms with Crippen LogP contribution in [0, 0.1) is 5.92 Å². The highest BCUT2D eigenvalue weighted by molar-refractivity contribution is 7.18. The summed E-state index contributed by atoms with van der Waals surface area (Å²) in [6, 6.07) is 18.2. The van der Waals surface area contributed by atoms with E-state index in [1.807, 2.05) is 65.3 Å². The van der Waals surface area contributed by atoms with Crippen molar-refractivity contribution in [2.24, 2.45) is 5.92 Å². The molecule has 0 saturated carbocycles. The van der Waals surface area contributed by atoms with Crippen LogP contribution in [-0.4, -0.2) is 39.7 Å². The summed E-state index contributed by atoms with van der Waals surface area (Å²) >= 11 is 1.68. The van der Waals surface area contributed by atoms with Crippen LogP contribution in [0.1, 0.15) is 48.8 Å². The van der Waals surface area contributed by atoms with Crippen LogP contribution in [0.3, 0.4) is 0 Å². The van der Waals surface area contributed by atoms with Crippen molar-refractivity contribution < 1.29 is 9.59 Å². The number of aromatic nitrogens is 1. The van der Waals surface area contributed by atoms with Gasteiger partial charge in [0, 0.05) is 19.5 Å². The van der Waals surface area contributed by atoms with Crippen molar-refractivity contribution in [2.75, 3.05) is 13.1 Å². The molecule has 3 heterocycles. The number of para-hydroxylation sites is 1. The molecular weight excluding hydrogens is 394 g/mol. The molecule has 6 heteroatoms. The van der Waals surface area contributed by atoms with Gasteiger partial charge in [-0.05, 0) is 37.5 Å². The van der Waals surface area contributed by atoms with Gasteiger partial charge in [0.25, 0.3) is 0 Å². The fourth-order valence-electron chi connectivity index (χ4n) is 4.74. The van der Waals surface area contributed by atoms with Gasteiger partial charge in [0.1, 0.15) is 5.01 Å². The first-order valence-electron chi connectivity index (χ1n) is 10.6. The summed E-state index contributed by atoms with van der Waals surface area (Å²) in [5.41, 5.74) is 2.10. The maximum absolute atomic E-state index is 13.4. The Morgan fingerprint density at radius 2 is 1.90 bits per heavy atom. The molecule has 30 heavy (non-hydrogen) atoms. The Morgan fingerprint density at radius 3 is 2.70 bits per heavy atom. The highest BCUT2D eigenvalue weighted by Gasteiger charge is 2.42. The zero-order valence-corrected chi connectivity index (χ0v) is 17.8. The standard InChI is InChI=1S/C24H25N3O2S/c1-16(17-8-3-2-4-9-17)27-15-18(14-22(27)28)24(29)26-13-7-11-20(26)23-25-19-10-5-6-12-21(19)30-23/h2-6,8-10,12,16,18,20H,7,11,13-15H2,1H3. The normalized spacial score (nSPS) is 22.8. The van der Waals surface area contributed by atoms with Crippen LogP contribution in [0.15, 0.2) is 54.6 Å². The number of carbonyl (C=O) groups excluding carboxylic acids is 2. The highest BCUT2D eigenvalue weighted by atomic mass is 32.1. The molecule has 0 bridgehead atoms. The fourth-order valence-corrected chi connectivity index (χ4v) is 5.85. The fraction of sp³-hybridized carbons (Fsp3) is 0.375. The molecule has 0 spiro atoms. The maximum Gasteiger partial charge on any atom is 0.228 e. The second-order valence-corrected chi connectivity index (χ2v) is 9.31. The Morgan fingerprint density at radius 1 is 1.13 bits per heavy atom. The molecule has 2 aliphatic rings. The zero-order chi connectivity index (χ0) is 20.7. The maximum atomic E-state index is 13.4. The van der Waals surface area contributed by atoms with Gasteiger partial charge in [0.2, 0.25) is 11.8 Å². The lowest BCUT2D eigenvalue weighted by Gasteiger charge is -2.28. The number of thiazole rings is 1. The van der Waals surface area contributed by atoms with Crippen molar-refractivity contribution in [3.05, 3.63) is 65.2 Å². The first-order valence-corrected chi connectivity index (χ1v) is 11.4. The van der Waals surface area contributed by atoms with Crippen LogP contribution in [0.25, 0.3) is 10.2 Å². The van der Waals surface area contributed by atoms with E-state index >= 15 is 0 Å². The lowest BCUT2D eigenvalue weighted by Crippen LogP contribution is -2.37. The number of benzene rings is 2. The molecular formula is C24H25N3O2S. The monoisotopic (exact) mass is 419 g/mol. The number of fused-ring (bicyclic) bond motifs is 1. The third-order valence-corrected chi connectivity index (χ3v) is 7.53. The van der Waals surface area contributed by atoms with Gasteiger partial charge >= 0.3 is 0 Å². The minimum atomic E-state index is -0.265. The summed E-state index contributed by atoms with van der Waals surface area (Å²) in [7, 11) is 0. The van der Waals surface area contributed by atoms with Crippen LogP contribution in [0.5, 0.6) is 0 Å². The molecule has 3 aromatic rings. The van der Waals surface area contributed by atoms with Crippen molar-refractivity contribution in [2.45, 2.75) is 38.3 Å². The van der Waals surface area contributed by atoms with Crippen LogP contribution in [0.4, 0.5) is 0 Å². The van der Waals surface area contributed by atoms with Gasteiger partial charge in [-0.1, -0.05) is 42.5 Å². The Bertz CT molecular complexity index is 1050. The molecule has 0 N–H and O–H groups in total. The lowest BCUT2D eigenvalue weighted by atomic mass is 10.1. The average Bonchev–Trinajstić information content (AvgIpc) is 3.50. The Kier molecular flexibility index (Phi) is 5.03. The molecule has 0 radical (unpaired) electrons. The number of nitrogens with zero attached hydrogens (tertiary/aromatic N) is 3. The summed E-state index contributed by atoms with van der Waals surface area (Å²) < 4.78 is 1.16. The molecule has 3 unspecified atom stereocenters. The summed E-state index contributed by atoms with van der Waals surface area (Å²) in [5, 5.41) is 1.01. The SMILES string of the molecule is CC(c1ccccc1)N1CC(C(=O)N2CCCC2c2nc3ccccc3s2)CC1=O. The van der Waals surface area contributed by atoms with E-state index in [1.54, 1.807) is 11.3 Å². The van der Waals surface area contributed by atoms with E-state index in [0.717, 1.165) is 40.2 Å². The first-order chi connectivity index (χ1) is 14.6. The van der Waals surface area contributed by atoms with Gasteiger partial charge in [0.15, 0.2) is 0 Å². The van der Waals surface area contributed by atoms with Gasteiger partial charge in [-0.2, -0.15) is 0 Å². The van der Waals surface area contributed by atoms with E-state index < -0.39 is 0 Å². The molecule has 154 valence electrons. The topological polar surface area (TPSA) is 53.5 Å². The average molecular weight is 420 g/mol. The van der Waals surface area contributed by atoms with Gasteiger partial charge in [0.05, 0.1) is 28.2 Å². The second kappa shape index (κ2) is 7.84. The third-order valence-electron chi connectivity index (χ3n) is 6.39. The van der Waals surface area contributed by atoms with Gasteiger partial charge in [-0.3, -0.25) is 9.59 Å². The van der Waals surface area contributed by atoms with Gasteiger partial charge < -0.3 is 9.80 Å². The minimum Gasteiger partial charge on any atom is -0.335 e. The van der Waals surface area contributed by atoms with Crippen LogP contribution < -0.4 is 0 Å². The summed E-state index contributed by atoms with van der Waals surface area (Å²) in [6.45, 7) is 3.29. The molecule has 2 fully saturated rings. The highest BCUT2D eigenvalue weighted by Crippen LogP contribution is 2.38. The third kappa shape index (κ3) is 3.39. The molecule has 5 rings (SSSR count). The first kappa shape index (κ1) is 19.2. The van der Waals surface area contributed by atoms with E-state index in [4.69, 9.17) is 4.98 Å². The molecule has 0 aliphatic carbocycles. The number of hydrogen-bond donors (Lipinski definition) is 0. The molecule has 2 aliphatic heterocycles. The molecule has 2 amide bonds. The van der Waals surface area contributed by atoms with Gasteiger partial charge in [-0.25, -0.2) is 4.98 Å². The van der Waals surface area contributed by atoms with E-state index in [1.165, 1.54) is 0 Å². The number of amides is 2. The zero-order valence-electron chi connectivity index (χ0n) is 17.0. The van der Waals surface area contributed by atoms with Gasteiger partial charge in [-0.15, -0.1) is 11.3 Å². The van der Waals surface area contributed by atoms with Crippen molar-refractivity contribution in [1.29, 1.82) is 0 Å². The summed E-state index contributed by atoms with van der Waals surface area (Å²) in [6.07, 6.45) is 2.23. The summed E-state index contributed by atoms with van der Waals surface area (Å²) in [4.78, 5) is 34.8. The smallest absolute Gasteiger partial charge is 0.228 e. The van der Waals surface area contributed by atoms with Crippen LogP contribution >= 0.6 is 11.3 Å². The minimum absolute atomic E-state index is 0.0184. The molecule has 2 saturated heterocycles. The Labute approximate surface area is 180 Å². The molecule has 5 nitrogen and oxygen atoms in total.